The Bertz CT molecular complexity index is 342. The molecule has 1 aromatic heterocycles. The molecule has 14 heavy (non-hydrogen) atoms. The number of carboxylic acid groups (broad SMARTS) is 1. The summed E-state index contributed by atoms with van der Waals surface area (Å²) in [5.41, 5.74) is -0.553. The van der Waals surface area contributed by atoms with Gasteiger partial charge in [0.15, 0.2) is 0 Å². The fraction of sp³-hybridized carbons (Fsp3) is 0.545. The number of rotatable bonds is 3. The molecule has 3 heteroatoms. The van der Waals surface area contributed by atoms with Gasteiger partial charge in [-0.2, -0.15) is 0 Å². The van der Waals surface area contributed by atoms with Crippen LogP contribution in [0.3, 0.4) is 0 Å². The Balaban J connectivity index is 2.33. The van der Waals surface area contributed by atoms with Crippen LogP contribution >= 0.6 is 11.3 Å². The second-order valence-corrected chi connectivity index (χ2v) is 5.26. The van der Waals surface area contributed by atoms with Crippen LogP contribution in [0.1, 0.15) is 25.1 Å². The standard InChI is InChI=1S/C11H14O2S/c1-7(2)8-6-11(8,10(12)13)9-4-3-5-14-9/h3-5,7-8H,6H2,1-2H3,(H,12,13). The molecule has 0 spiro atoms. The van der Waals surface area contributed by atoms with Crippen molar-refractivity contribution >= 4 is 17.3 Å². The number of carbonyl (C=O) groups is 1. The van der Waals surface area contributed by atoms with Gasteiger partial charge in [0.05, 0.1) is 0 Å². The fourth-order valence-corrected chi connectivity index (χ4v) is 3.25. The van der Waals surface area contributed by atoms with Gasteiger partial charge in [-0.25, -0.2) is 0 Å². The molecule has 2 unspecified atom stereocenters. The molecule has 1 heterocycles. The van der Waals surface area contributed by atoms with Crippen LogP contribution in [0.5, 0.6) is 0 Å². The van der Waals surface area contributed by atoms with Gasteiger partial charge >= 0.3 is 5.97 Å². The summed E-state index contributed by atoms with van der Waals surface area (Å²) in [4.78, 5) is 12.3. The highest BCUT2D eigenvalue weighted by Crippen LogP contribution is 2.59. The second kappa shape index (κ2) is 3.09. The van der Waals surface area contributed by atoms with E-state index in [9.17, 15) is 9.90 Å². The molecule has 0 aromatic carbocycles. The van der Waals surface area contributed by atoms with Gasteiger partial charge < -0.3 is 5.11 Å². The predicted molar refractivity (Wildman–Crippen MR) is 56.6 cm³/mol. The molecule has 1 fully saturated rings. The average Bonchev–Trinajstić information content (AvgIpc) is 2.66. The van der Waals surface area contributed by atoms with Gasteiger partial charge in [0.1, 0.15) is 5.41 Å². The van der Waals surface area contributed by atoms with Crippen LogP contribution in [0.25, 0.3) is 0 Å². The molecule has 1 aliphatic rings. The summed E-state index contributed by atoms with van der Waals surface area (Å²) in [6.45, 7) is 4.20. The molecule has 2 rings (SSSR count). The van der Waals surface area contributed by atoms with Gasteiger partial charge in [-0.15, -0.1) is 11.3 Å². The Kier molecular flexibility index (Phi) is 2.14. The molecule has 0 amide bonds. The van der Waals surface area contributed by atoms with E-state index in [0.29, 0.717) is 11.8 Å². The second-order valence-electron chi connectivity index (χ2n) is 4.31. The maximum Gasteiger partial charge on any atom is 0.315 e. The molecule has 2 nitrogen and oxygen atoms in total. The SMILES string of the molecule is CC(C)C1CC1(C(=O)O)c1cccs1. The highest BCUT2D eigenvalue weighted by Gasteiger charge is 2.63. The first-order valence-electron chi connectivity index (χ1n) is 4.86. The summed E-state index contributed by atoms with van der Waals surface area (Å²) >= 11 is 1.56. The summed E-state index contributed by atoms with van der Waals surface area (Å²) < 4.78 is 0. The molecule has 0 aliphatic heterocycles. The van der Waals surface area contributed by atoms with Crippen molar-refractivity contribution in [2.24, 2.45) is 11.8 Å². The Labute approximate surface area is 87.6 Å². The topological polar surface area (TPSA) is 37.3 Å². The van der Waals surface area contributed by atoms with Crippen LogP contribution in [0.2, 0.25) is 0 Å². The average molecular weight is 210 g/mol. The zero-order valence-electron chi connectivity index (χ0n) is 8.36. The highest BCUT2D eigenvalue weighted by atomic mass is 32.1. The van der Waals surface area contributed by atoms with E-state index in [1.54, 1.807) is 11.3 Å². The minimum atomic E-state index is -0.654. The largest absolute Gasteiger partial charge is 0.481 e. The third kappa shape index (κ3) is 1.19. The molecule has 2 atom stereocenters. The molecule has 0 radical (unpaired) electrons. The Morgan fingerprint density at radius 1 is 1.71 bits per heavy atom. The number of carboxylic acids is 1. The first kappa shape index (κ1) is 9.71. The first-order valence-corrected chi connectivity index (χ1v) is 5.74. The third-order valence-electron chi connectivity index (χ3n) is 3.16. The first-order chi connectivity index (χ1) is 6.59. The van der Waals surface area contributed by atoms with Crippen LogP contribution in [-0.4, -0.2) is 11.1 Å². The maximum atomic E-state index is 11.3. The van der Waals surface area contributed by atoms with Gasteiger partial charge in [0.2, 0.25) is 0 Å². The van der Waals surface area contributed by atoms with Crippen LogP contribution in [0.4, 0.5) is 0 Å². The number of aliphatic carboxylic acids is 1. The molecule has 0 saturated heterocycles. The van der Waals surface area contributed by atoms with Crippen molar-refractivity contribution < 1.29 is 9.90 Å². The maximum absolute atomic E-state index is 11.3. The van der Waals surface area contributed by atoms with E-state index in [1.165, 1.54) is 0 Å². The zero-order valence-corrected chi connectivity index (χ0v) is 9.17. The van der Waals surface area contributed by atoms with Gasteiger partial charge in [-0.05, 0) is 29.7 Å². The lowest BCUT2D eigenvalue weighted by molar-refractivity contribution is -0.140. The minimum Gasteiger partial charge on any atom is -0.481 e. The zero-order chi connectivity index (χ0) is 10.3. The number of hydrogen-bond acceptors (Lipinski definition) is 2. The Morgan fingerprint density at radius 2 is 2.43 bits per heavy atom. The molecular formula is C11H14O2S. The fourth-order valence-electron chi connectivity index (χ4n) is 2.26. The molecule has 0 bridgehead atoms. The van der Waals surface area contributed by atoms with E-state index in [2.05, 4.69) is 13.8 Å². The molecule has 1 saturated carbocycles. The number of hydrogen-bond donors (Lipinski definition) is 1. The van der Waals surface area contributed by atoms with Gasteiger partial charge in [0, 0.05) is 4.88 Å². The summed E-state index contributed by atoms with van der Waals surface area (Å²) in [5.74, 6) is 0.116. The Hall–Kier alpha value is -0.830. The predicted octanol–water partition coefficient (Wildman–Crippen LogP) is 2.75. The van der Waals surface area contributed by atoms with Crippen LogP contribution in [-0.2, 0) is 10.2 Å². The summed E-state index contributed by atoms with van der Waals surface area (Å²) in [6, 6.07) is 3.88. The smallest absolute Gasteiger partial charge is 0.315 e. The normalized spacial score (nSPS) is 30.6. The quantitative estimate of drug-likeness (QED) is 0.833. The lowest BCUT2D eigenvalue weighted by atomic mass is 9.95. The summed E-state index contributed by atoms with van der Waals surface area (Å²) in [6.07, 6.45) is 0.806. The van der Waals surface area contributed by atoms with Crippen molar-refractivity contribution in [3.05, 3.63) is 22.4 Å². The minimum absolute atomic E-state index is 0.318. The summed E-state index contributed by atoms with van der Waals surface area (Å²) in [7, 11) is 0. The Morgan fingerprint density at radius 3 is 2.79 bits per heavy atom. The lowest BCUT2D eigenvalue weighted by Crippen LogP contribution is -2.22. The van der Waals surface area contributed by atoms with E-state index < -0.39 is 11.4 Å². The van der Waals surface area contributed by atoms with E-state index >= 15 is 0 Å². The van der Waals surface area contributed by atoms with E-state index in [-0.39, 0.29) is 0 Å². The molecule has 1 N–H and O–H groups in total. The van der Waals surface area contributed by atoms with Gasteiger partial charge in [-0.1, -0.05) is 19.9 Å². The molecule has 1 aromatic rings. The monoisotopic (exact) mass is 210 g/mol. The van der Waals surface area contributed by atoms with Crippen molar-refractivity contribution in [2.75, 3.05) is 0 Å². The molecular weight excluding hydrogens is 196 g/mol. The van der Waals surface area contributed by atoms with Crippen LogP contribution in [0, 0.1) is 11.8 Å². The lowest BCUT2D eigenvalue weighted by Gasteiger charge is -2.12. The van der Waals surface area contributed by atoms with E-state index in [1.807, 2.05) is 17.5 Å². The third-order valence-corrected chi connectivity index (χ3v) is 4.21. The van der Waals surface area contributed by atoms with Gasteiger partial charge in [-0.3, -0.25) is 4.79 Å². The van der Waals surface area contributed by atoms with Crippen molar-refractivity contribution in [2.45, 2.75) is 25.7 Å². The van der Waals surface area contributed by atoms with Crippen molar-refractivity contribution in [3.63, 3.8) is 0 Å². The van der Waals surface area contributed by atoms with Crippen molar-refractivity contribution in [1.82, 2.24) is 0 Å². The van der Waals surface area contributed by atoms with Crippen LogP contribution < -0.4 is 0 Å². The van der Waals surface area contributed by atoms with E-state index in [0.717, 1.165) is 11.3 Å². The molecule has 76 valence electrons. The van der Waals surface area contributed by atoms with Crippen LogP contribution in [0.15, 0.2) is 17.5 Å². The summed E-state index contributed by atoms with van der Waals surface area (Å²) in [5, 5.41) is 11.3. The highest BCUT2D eigenvalue weighted by molar-refractivity contribution is 7.10. The molecule has 1 aliphatic carbocycles. The van der Waals surface area contributed by atoms with Gasteiger partial charge in [0.25, 0.3) is 0 Å². The number of thiophene rings is 1. The van der Waals surface area contributed by atoms with Crippen molar-refractivity contribution in [3.8, 4) is 0 Å². The van der Waals surface area contributed by atoms with E-state index in [4.69, 9.17) is 0 Å². The van der Waals surface area contributed by atoms with Crippen molar-refractivity contribution in [1.29, 1.82) is 0 Å².